The molecule has 3 aliphatic rings. The summed E-state index contributed by atoms with van der Waals surface area (Å²) in [6.45, 7) is 11.2. The third kappa shape index (κ3) is 17.4. The van der Waals surface area contributed by atoms with Crippen LogP contribution in [0.15, 0.2) is 26.8 Å². The number of H-pyrrole nitrogens is 1. The van der Waals surface area contributed by atoms with Crippen LogP contribution in [0, 0.1) is 11.8 Å². The number of guanidine groups is 1. The Labute approximate surface area is 441 Å². The molecule has 4 rings (SSSR count). The van der Waals surface area contributed by atoms with E-state index in [0.717, 1.165) is 42.5 Å². The van der Waals surface area contributed by atoms with Crippen molar-refractivity contribution < 1.29 is 73.6 Å². The smallest absolute Gasteiger partial charge is 0.330 e. The molecule has 28 heteroatoms. The number of hydrogen-bond donors (Lipinski definition) is 14. The minimum atomic E-state index is -1.90. The van der Waals surface area contributed by atoms with Gasteiger partial charge in [0.2, 0.25) is 11.8 Å². The molecule has 4 amide bonds. The summed E-state index contributed by atoms with van der Waals surface area (Å²) in [7, 11) is 1.30. The van der Waals surface area contributed by atoms with Crippen LogP contribution in [0.5, 0.6) is 0 Å². The van der Waals surface area contributed by atoms with Gasteiger partial charge >= 0.3 is 23.7 Å². The Morgan fingerprint density at radius 2 is 1.55 bits per heavy atom. The van der Waals surface area contributed by atoms with Gasteiger partial charge in [-0.1, -0.05) is 67.2 Å². The van der Waals surface area contributed by atoms with E-state index in [4.69, 9.17) is 24.7 Å². The van der Waals surface area contributed by atoms with Crippen LogP contribution in [0.2, 0.25) is 0 Å². The van der Waals surface area contributed by atoms with E-state index in [1.807, 2.05) is 6.92 Å². The van der Waals surface area contributed by atoms with E-state index in [1.165, 1.54) is 12.0 Å². The van der Waals surface area contributed by atoms with Crippen LogP contribution in [-0.2, 0) is 38.1 Å². The number of aliphatic hydroxyl groups is 4. The summed E-state index contributed by atoms with van der Waals surface area (Å²) < 4.78 is 25.3. The zero-order chi connectivity index (χ0) is 56.4. The van der Waals surface area contributed by atoms with Gasteiger partial charge in [0.25, 0.3) is 5.56 Å². The van der Waals surface area contributed by atoms with Gasteiger partial charge in [0.05, 0.1) is 12.1 Å². The van der Waals surface area contributed by atoms with Gasteiger partial charge in [-0.15, -0.1) is 0 Å². The molecule has 2 fully saturated rings. The summed E-state index contributed by atoms with van der Waals surface area (Å²) in [5.74, 6) is -5.69. The molecule has 28 nitrogen and oxygen atoms in total. The van der Waals surface area contributed by atoms with Crippen molar-refractivity contribution in [3.05, 3.63) is 33.1 Å². The van der Waals surface area contributed by atoms with E-state index in [-0.39, 0.29) is 51.5 Å². The molecule has 15 N–H and O–H groups in total. The summed E-state index contributed by atoms with van der Waals surface area (Å²) in [5, 5.41) is 82.8. The molecule has 0 bridgehead atoms. The number of urea groups is 1. The average Bonchev–Trinajstić information content (AvgIpc) is 3.83. The zero-order valence-electron chi connectivity index (χ0n) is 44.5. The number of methoxy groups -OCH3 is 1. The standard InChI is InChI=1S/C48H83N11O17/c1-8-10-12-17-50-23-27-34(62)39(73-7)45(74-27)76-37(38-35(63)36(64)42(75-38)59-22-16-28(60)54-48(59)72)32(44(69)70)58(20-13-11-9-2)21-14-18-51-40(65)31(33(61)25(5)6)55-41(66)30(26-15-19-52-46(49)53-26)57-47(71)56-29(24(3)4)43(67)68/h16,22,24-27,29-39,42,45,50,61-64H,8-15,17-21,23H2,1-7H3,(H,51,65)(H,55,66)(H,67,68)(H,69,70)(H3,49,52,53)(H,54,60,72)(H2,56,57,71)/t26?,27-,29?,30?,31?,32?,33?,34-,35+,36-,37?,38+,39-,42-,45+/m1/s1. The van der Waals surface area contributed by atoms with Crippen molar-refractivity contribution in [2.75, 3.05) is 46.4 Å². The van der Waals surface area contributed by atoms with Gasteiger partial charge in [0, 0.05) is 45.6 Å². The van der Waals surface area contributed by atoms with Crippen LogP contribution in [0.25, 0.3) is 0 Å². The normalized spacial score (nSPS) is 26.0. The number of nitrogens with two attached hydrogens (primary N) is 1. The number of nitrogens with one attached hydrogen (secondary N) is 7. The van der Waals surface area contributed by atoms with Crippen molar-refractivity contribution in [2.45, 2.75) is 184 Å². The third-order valence-electron chi connectivity index (χ3n) is 13.7. The Bertz CT molecular complexity index is 2180. The highest BCUT2D eigenvalue weighted by molar-refractivity contribution is 5.94. The molecule has 2 saturated heterocycles. The minimum absolute atomic E-state index is 0.0268. The maximum Gasteiger partial charge on any atom is 0.330 e. The number of aromatic amines is 1. The van der Waals surface area contributed by atoms with Crippen LogP contribution >= 0.6 is 0 Å². The predicted molar refractivity (Wildman–Crippen MR) is 273 cm³/mol. The van der Waals surface area contributed by atoms with Crippen molar-refractivity contribution in [3.8, 4) is 0 Å². The van der Waals surface area contributed by atoms with E-state index < -0.39 is 144 Å². The van der Waals surface area contributed by atoms with Crippen molar-refractivity contribution in [3.63, 3.8) is 0 Å². The van der Waals surface area contributed by atoms with Gasteiger partial charge in [-0.3, -0.25) is 38.6 Å². The number of ether oxygens (including phenoxy) is 4. The summed E-state index contributed by atoms with van der Waals surface area (Å²) >= 11 is 0. The molecule has 0 spiro atoms. The van der Waals surface area contributed by atoms with E-state index >= 15 is 0 Å². The van der Waals surface area contributed by atoms with Gasteiger partial charge in [-0.05, 0) is 50.6 Å². The third-order valence-corrected chi connectivity index (χ3v) is 13.7. The number of nitrogens with zero attached hydrogens (tertiary/aromatic N) is 3. The molecular formula is C48H83N11O17. The number of aliphatic imine (C=N–C) groups is 1. The first-order valence-corrected chi connectivity index (χ1v) is 26.2. The number of aromatic nitrogens is 2. The molecule has 3 aliphatic heterocycles. The molecule has 0 aliphatic carbocycles. The first-order chi connectivity index (χ1) is 36.1. The number of carbonyl (C=O) groups excluding carboxylic acids is 3. The highest BCUT2D eigenvalue weighted by atomic mass is 16.7. The number of carbonyl (C=O) groups is 5. The van der Waals surface area contributed by atoms with E-state index in [1.54, 1.807) is 27.7 Å². The fraction of sp³-hybridized carbons (Fsp3) is 0.792. The number of carboxylic acid groups (broad SMARTS) is 2. The SMILES string of the molecule is CCCCCNC[C@H]1O[C@@H](OC(C(C(=O)O)N(CCCCC)CCCNC(=O)C(NC(=O)C(NC(=O)NC(C(=O)O)C(C)C)C2CCN=C(N)N2)C(O)C(C)C)[C@H]2O[C@@H](n3ccc(=O)[nH]c3=O)[C@H](O)[C@@H]2O)[C@H](OC)[C@@H]1O. The lowest BCUT2D eigenvalue weighted by molar-refractivity contribution is -0.238. The van der Waals surface area contributed by atoms with Crippen LogP contribution in [0.1, 0.15) is 99.1 Å². The van der Waals surface area contributed by atoms with Crippen LogP contribution in [0.3, 0.4) is 0 Å². The molecule has 4 heterocycles. The number of unbranched alkanes of at least 4 members (excludes halogenated alkanes) is 4. The molecule has 15 atom stereocenters. The maximum atomic E-state index is 14.1. The van der Waals surface area contributed by atoms with Crippen molar-refractivity contribution >= 4 is 35.7 Å². The van der Waals surface area contributed by atoms with E-state index in [2.05, 4.69) is 48.8 Å². The monoisotopic (exact) mass is 1090 g/mol. The molecule has 0 radical (unpaired) electrons. The summed E-state index contributed by atoms with van der Waals surface area (Å²) in [5.41, 5.74) is 4.18. The van der Waals surface area contributed by atoms with Crippen molar-refractivity contribution in [2.24, 2.45) is 22.6 Å². The van der Waals surface area contributed by atoms with E-state index in [9.17, 15) is 64.2 Å². The van der Waals surface area contributed by atoms with Crippen LogP contribution in [0.4, 0.5) is 4.79 Å². The average molecular weight is 1090 g/mol. The molecule has 0 saturated carbocycles. The first-order valence-electron chi connectivity index (χ1n) is 26.2. The van der Waals surface area contributed by atoms with Crippen molar-refractivity contribution in [1.29, 1.82) is 0 Å². The fourth-order valence-corrected chi connectivity index (χ4v) is 9.34. The largest absolute Gasteiger partial charge is 0.480 e. The van der Waals surface area contributed by atoms with Crippen LogP contribution < -0.4 is 48.9 Å². The first kappa shape index (κ1) is 63.2. The quantitative estimate of drug-likeness (QED) is 0.0317. The Hall–Kier alpha value is -5.30. The van der Waals surface area contributed by atoms with E-state index in [0.29, 0.717) is 19.4 Å². The van der Waals surface area contributed by atoms with Crippen molar-refractivity contribution in [1.82, 2.24) is 46.4 Å². The highest BCUT2D eigenvalue weighted by Gasteiger charge is 2.55. The van der Waals surface area contributed by atoms with Gasteiger partial charge in [-0.25, -0.2) is 14.4 Å². The topological polar surface area (TPSA) is 412 Å². The number of amides is 4. The van der Waals surface area contributed by atoms with Crippen LogP contribution in [-0.4, -0.2) is 213 Å². The Balaban J connectivity index is 1.63. The number of hydrogen-bond acceptors (Lipinski definition) is 20. The molecular weight excluding hydrogens is 1000 g/mol. The second-order valence-corrected chi connectivity index (χ2v) is 20.1. The summed E-state index contributed by atoms with van der Waals surface area (Å²) in [4.78, 5) is 99.5. The highest BCUT2D eigenvalue weighted by Crippen LogP contribution is 2.36. The van der Waals surface area contributed by atoms with Gasteiger partial charge < -0.3 is 87.2 Å². The molecule has 1 aromatic rings. The molecule has 1 aromatic heterocycles. The minimum Gasteiger partial charge on any atom is -0.480 e. The number of carboxylic acids is 2. The zero-order valence-corrected chi connectivity index (χ0v) is 44.5. The summed E-state index contributed by atoms with van der Waals surface area (Å²) in [6.07, 6.45) is -9.16. The lowest BCUT2D eigenvalue weighted by Gasteiger charge is -2.39. The fourth-order valence-electron chi connectivity index (χ4n) is 9.34. The Kier molecular flexibility index (Phi) is 25.5. The Morgan fingerprint density at radius 1 is 0.868 bits per heavy atom. The second kappa shape index (κ2) is 30.6. The molecule has 76 heavy (non-hydrogen) atoms. The lowest BCUT2D eigenvalue weighted by Crippen LogP contribution is -2.66. The second-order valence-electron chi connectivity index (χ2n) is 20.1. The molecule has 7 unspecified atom stereocenters. The van der Waals surface area contributed by atoms with Gasteiger partial charge in [-0.2, -0.15) is 0 Å². The maximum absolute atomic E-state index is 14.1. The lowest BCUT2D eigenvalue weighted by atomic mass is 9.96. The number of aliphatic hydroxyl groups excluding tert-OH is 4. The Morgan fingerprint density at radius 3 is 2.16 bits per heavy atom. The number of rotatable bonds is 32. The number of aliphatic carboxylic acids is 2. The van der Waals surface area contributed by atoms with Gasteiger partial charge in [0.1, 0.15) is 66.9 Å². The predicted octanol–water partition coefficient (Wildman–Crippen LogP) is -3.17. The molecule has 432 valence electrons. The summed E-state index contributed by atoms with van der Waals surface area (Å²) in [6, 6.07) is -6.98. The molecule has 0 aromatic carbocycles. The van der Waals surface area contributed by atoms with Gasteiger partial charge in [0.15, 0.2) is 18.5 Å².